The van der Waals surface area contributed by atoms with Crippen LogP contribution in [0.5, 0.6) is 0 Å². The molecule has 1 aliphatic rings. The van der Waals surface area contributed by atoms with Crippen LogP contribution in [0.3, 0.4) is 0 Å². The van der Waals surface area contributed by atoms with Gasteiger partial charge in [0.2, 0.25) is 5.89 Å². The van der Waals surface area contributed by atoms with Crippen LogP contribution in [0.1, 0.15) is 29.2 Å². The average Bonchev–Trinajstić information content (AvgIpc) is 3.39. The van der Waals surface area contributed by atoms with Gasteiger partial charge < -0.3 is 4.42 Å². The molecule has 0 saturated carbocycles. The van der Waals surface area contributed by atoms with E-state index in [0.29, 0.717) is 24.7 Å². The third kappa shape index (κ3) is 2.82. The Morgan fingerprint density at radius 1 is 1.15 bits per heavy atom. The number of rotatable bonds is 4. The smallest absolute Gasteiger partial charge is 0.328 e. The predicted octanol–water partition coefficient (Wildman–Crippen LogP) is 3.57. The lowest BCUT2D eigenvalue weighted by atomic mass is 9.99. The van der Waals surface area contributed by atoms with Crippen LogP contribution in [-0.2, 0) is 32.9 Å². The normalized spacial score (nSPS) is 14.0. The Morgan fingerprint density at radius 3 is 2.81 bits per heavy atom. The van der Waals surface area contributed by atoms with Crippen LogP contribution >= 0.6 is 11.3 Å². The zero-order chi connectivity index (χ0) is 18.4. The molecule has 7 heteroatoms. The predicted molar refractivity (Wildman–Crippen MR) is 105 cm³/mol. The standard InChI is InChI=1S/C20H20N4O2S/c1-23-14-7-3-4-8-15(14)24(20(23)25)11-10-18-21-22-19(26-18)17-12-13-6-2-5-9-16(13)27-17/h3-4,7-8,12H,2,5-6,9-11H2,1H3. The van der Waals surface area contributed by atoms with Crippen molar-refractivity contribution in [1.29, 1.82) is 0 Å². The van der Waals surface area contributed by atoms with E-state index < -0.39 is 0 Å². The van der Waals surface area contributed by atoms with Crippen LogP contribution < -0.4 is 5.69 Å². The summed E-state index contributed by atoms with van der Waals surface area (Å²) in [5, 5.41) is 8.43. The number of hydrogen-bond donors (Lipinski definition) is 0. The number of fused-ring (bicyclic) bond motifs is 2. The minimum absolute atomic E-state index is 0.0260. The first-order valence-electron chi connectivity index (χ1n) is 9.29. The second kappa shape index (κ2) is 6.49. The summed E-state index contributed by atoms with van der Waals surface area (Å²) in [7, 11) is 1.80. The Balaban J connectivity index is 1.38. The van der Waals surface area contributed by atoms with Crippen molar-refractivity contribution >= 4 is 22.4 Å². The fourth-order valence-corrected chi connectivity index (χ4v) is 5.01. The number of imidazole rings is 1. The van der Waals surface area contributed by atoms with Crippen molar-refractivity contribution in [3.05, 3.63) is 57.1 Å². The molecular formula is C20H20N4O2S. The molecule has 4 aromatic rings. The molecule has 0 amide bonds. The first kappa shape index (κ1) is 16.5. The molecule has 3 aromatic heterocycles. The zero-order valence-electron chi connectivity index (χ0n) is 15.1. The van der Waals surface area contributed by atoms with Gasteiger partial charge in [-0.25, -0.2) is 4.79 Å². The second-order valence-electron chi connectivity index (χ2n) is 7.00. The van der Waals surface area contributed by atoms with Gasteiger partial charge in [-0.05, 0) is 49.4 Å². The van der Waals surface area contributed by atoms with Crippen molar-refractivity contribution in [2.24, 2.45) is 7.05 Å². The summed E-state index contributed by atoms with van der Waals surface area (Å²) < 4.78 is 9.33. The summed E-state index contributed by atoms with van der Waals surface area (Å²) in [5.74, 6) is 1.16. The highest BCUT2D eigenvalue weighted by Gasteiger charge is 2.18. The minimum atomic E-state index is -0.0260. The van der Waals surface area contributed by atoms with Gasteiger partial charge in [0.25, 0.3) is 5.89 Å². The van der Waals surface area contributed by atoms with Gasteiger partial charge >= 0.3 is 5.69 Å². The van der Waals surface area contributed by atoms with Crippen molar-refractivity contribution in [2.45, 2.75) is 38.6 Å². The second-order valence-corrected chi connectivity index (χ2v) is 8.14. The molecule has 0 N–H and O–H groups in total. The molecule has 5 rings (SSSR count). The largest absolute Gasteiger partial charge is 0.420 e. The van der Waals surface area contributed by atoms with Crippen molar-refractivity contribution in [1.82, 2.24) is 19.3 Å². The van der Waals surface area contributed by atoms with E-state index in [1.807, 2.05) is 24.3 Å². The lowest BCUT2D eigenvalue weighted by molar-refractivity contribution is 0.485. The van der Waals surface area contributed by atoms with E-state index in [0.717, 1.165) is 28.8 Å². The molecule has 3 heterocycles. The van der Waals surface area contributed by atoms with Gasteiger partial charge in [-0.1, -0.05) is 12.1 Å². The number of aryl methyl sites for hydroxylation is 5. The van der Waals surface area contributed by atoms with E-state index in [1.54, 1.807) is 27.5 Å². The highest BCUT2D eigenvalue weighted by molar-refractivity contribution is 7.15. The maximum absolute atomic E-state index is 12.5. The lowest BCUT2D eigenvalue weighted by Gasteiger charge is -2.08. The number of para-hydroxylation sites is 2. The highest BCUT2D eigenvalue weighted by Crippen LogP contribution is 2.35. The number of benzene rings is 1. The lowest BCUT2D eigenvalue weighted by Crippen LogP contribution is -2.23. The van der Waals surface area contributed by atoms with Crippen LogP contribution in [0, 0.1) is 0 Å². The van der Waals surface area contributed by atoms with E-state index in [4.69, 9.17) is 4.42 Å². The Morgan fingerprint density at radius 2 is 1.96 bits per heavy atom. The number of thiophene rings is 1. The van der Waals surface area contributed by atoms with Crippen molar-refractivity contribution < 1.29 is 4.42 Å². The Bertz CT molecular complexity index is 1160. The molecule has 0 radical (unpaired) electrons. The van der Waals surface area contributed by atoms with Crippen molar-refractivity contribution in [2.75, 3.05) is 0 Å². The summed E-state index contributed by atoms with van der Waals surface area (Å²) in [5.41, 5.74) is 3.26. The molecular weight excluding hydrogens is 360 g/mol. The molecule has 6 nitrogen and oxygen atoms in total. The van der Waals surface area contributed by atoms with Crippen molar-refractivity contribution in [3.63, 3.8) is 0 Å². The molecule has 27 heavy (non-hydrogen) atoms. The van der Waals surface area contributed by atoms with Gasteiger partial charge in [-0.2, -0.15) is 0 Å². The third-order valence-corrected chi connectivity index (χ3v) is 6.50. The molecule has 0 saturated heterocycles. The van der Waals surface area contributed by atoms with Crippen LogP contribution in [0.4, 0.5) is 0 Å². The number of hydrogen-bond acceptors (Lipinski definition) is 5. The minimum Gasteiger partial charge on any atom is -0.420 e. The molecule has 0 aliphatic heterocycles. The van der Waals surface area contributed by atoms with Gasteiger partial charge in [-0.3, -0.25) is 9.13 Å². The SMILES string of the molecule is Cn1c(=O)n(CCc2nnc(-c3cc4c(s3)CCCC4)o2)c2ccccc21. The van der Waals surface area contributed by atoms with Crippen LogP contribution in [-0.4, -0.2) is 19.3 Å². The summed E-state index contributed by atoms with van der Waals surface area (Å²) >= 11 is 1.77. The number of aromatic nitrogens is 4. The van der Waals surface area contributed by atoms with Gasteiger partial charge in [0.1, 0.15) is 0 Å². The number of nitrogens with zero attached hydrogens (tertiary/aromatic N) is 4. The summed E-state index contributed by atoms with van der Waals surface area (Å²) in [6, 6.07) is 10.0. The van der Waals surface area contributed by atoms with Crippen molar-refractivity contribution in [3.8, 4) is 10.8 Å². The molecule has 0 bridgehead atoms. The van der Waals surface area contributed by atoms with Gasteiger partial charge in [-0.15, -0.1) is 21.5 Å². The van der Waals surface area contributed by atoms with E-state index >= 15 is 0 Å². The summed E-state index contributed by atoms with van der Waals surface area (Å²) in [6.07, 6.45) is 5.37. The fraction of sp³-hybridized carbons (Fsp3) is 0.350. The third-order valence-electron chi connectivity index (χ3n) is 5.28. The van der Waals surface area contributed by atoms with Crippen LogP contribution in [0.15, 0.2) is 39.5 Å². The van der Waals surface area contributed by atoms with Gasteiger partial charge in [0, 0.05) is 24.9 Å². The highest BCUT2D eigenvalue weighted by atomic mass is 32.1. The molecule has 0 fully saturated rings. The van der Waals surface area contributed by atoms with E-state index in [2.05, 4.69) is 16.3 Å². The summed E-state index contributed by atoms with van der Waals surface area (Å²) in [6.45, 7) is 0.517. The topological polar surface area (TPSA) is 65.8 Å². The molecule has 0 spiro atoms. The first-order chi connectivity index (χ1) is 13.2. The quantitative estimate of drug-likeness (QED) is 0.543. The molecule has 1 aromatic carbocycles. The van der Waals surface area contributed by atoms with E-state index in [9.17, 15) is 4.79 Å². The first-order valence-corrected chi connectivity index (χ1v) is 10.1. The zero-order valence-corrected chi connectivity index (χ0v) is 16.0. The van der Waals surface area contributed by atoms with E-state index in [1.165, 1.54) is 23.3 Å². The van der Waals surface area contributed by atoms with Gasteiger partial charge in [0.05, 0.1) is 15.9 Å². The Labute approximate surface area is 160 Å². The molecule has 1 aliphatic carbocycles. The molecule has 138 valence electrons. The summed E-state index contributed by atoms with van der Waals surface area (Å²) in [4.78, 5) is 15.0. The Kier molecular flexibility index (Phi) is 3.97. The Hall–Kier alpha value is -2.67. The van der Waals surface area contributed by atoms with Gasteiger partial charge in [0.15, 0.2) is 0 Å². The van der Waals surface area contributed by atoms with E-state index in [-0.39, 0.29) is 5.69 Å². The monoisotopic (exact) mass is 380 g/mol. The van der Waals surface area contributed by atoms with Crippen LogP contribution in [0.2, 0.25) is 0 Å². The fourth-order valence-electron chi connectivity index (χ4n) is 3.84. The maximum Gasteiger partial charge on any atom is 0.328 e. The molecule has 0 unspecified atom stereocenters. The maximum atomic E-state index is 12.5. The van der Waals surface area contributed by atoms with Crippen LogP contribution in [0.25, 0.3) is 21.8 Å². The average molecular weight is 380 g/mol. The molecule has 0 atom stereocenters.